The van der Waals surface area contributed by atoms with Gasteiger partial charge in [0.1, 0.15) is 17.3 Å². The minimum absolute atomic E-state index is 0.581. The van der Waals surface area contributed by atoms with Gasteiger partial charge in [-0.05, 0) is 48.5 Å². The van der Waals surface area contributed by atoms with Crippen molar-refractivity contribution in [3.8, 4) is 17.0 Å². The predicted molar refractivity (Wildman–Crippen MR) is 91.0 cm³/mol. The number of methoxy groups -OCH3 is 1. The van der Waals surface area contributed by atoms with Crippen LogP contribution >= 0.6 is 0 Å². The van der Waals surface area contributed by atoms with Crippen LogP contribution in [0.25, 0.3) is 16.9 Å². The van der Waals surface area contributed by atoms with E-state index in [0.717, 1.165) is 34.2 Å². The monoisotopic (exact) mass is 320 g/mol. The van der Waals surface area contributed by atoms with Crippen molar-refractivity contribution in [2.45, 2.75) is 6.54 Å². The molecule has 0 saturated heterocycles. The van der Waals surface area contributed by atoms with E-state index in [1.165, 1.54) is 0 Å². The molecule has 120 valence electrons. The van der Waals surface area contributed by atoms with Gasteiger partial charge in [-0.2, -0.15) is 0 Å². The predicted octanol–water partition coefficient (Wildman–Crippen LogP) is 3.61. The molecule has 0 amide bonds. The summed E-state index contributed by atoms with van der Waals surface area (Å²) in [7, 11) is 1.65. The maximum atomic E-state index is 5.32. The molecular weight excluding hydrogens is 304 g/mol. The molecule has 0 radical (unpaired) electrons. The fraction of sp³-hybridized carbons (Fsp3) is 0.111. The van der Waals surface area contributed by atoms with Gasteiger partial charge in [0.15, 0.2) is 5.65 Å². The van der Waals surface area contributed by atoms with E-state index < -0.39 is 0 Å². The van der Waals surface area contributed by atoms with Crippen LogP contribution in [0.1, 0.15) is 5.76 Å². The first-order valence-electron chi connectivity index (χ1n) is 7.59. The average molecular weight is 320 g/mol. The lowest BCUT2D eigenvalue weighted by molar-refractivity contribution is 0.415. The molecule has 3 aromatic heterocycles. The number of rotatable bonds is 5. The first-order chi connectivity index (χ1) is 11.8. The van der Waals surface area contributed by atoms with Crippen molar-refractivity contribution < 1.29 is 9.15 Å². The number of nitrogens with zero attached hydrogens (tertiary/aromatic N) is 3. The van der Waals surface area contributed by atoms with E-state index in [2.05, 4.69) is 15.4 Å². The Bertz CT molecular complexity index is 943. The van der Waals surface area contributed by atoms with Crippen LogP contribution in [-0.2, 0) is 6.54 Å². The van der Waals surface area contributed by atoms with Gasteiger partial charge in [-0.1, -0.05) is 0 Å². The lowest BCUT2D eigenvalue weighted by Crippen LogP contribution is -2.04. The maximum absolute atomic E-state index is 5.32. The zero-order valence-corrected chi connectivity index (χ0v) is 13.1. The Kier molecular flexibility index (Phi) is 3.63. The first kappa shape index (κ1) is 14.3. The van der Waals surface area contributed by atoms with Gasteiger partial charge >= 0.3 is 0 Å². The lowest BCUT2D eigenvalue weighted by Gasteiger charge is -2.06. The summed E-state index contributed by atoms with van der Waals surface area (Å²) >= 11 is 0. The van der Waals surface area contributed by atoms with Gasteiger partial charge in [0.2, 0.25) is 0 Å². The largest absolute Gasteiger partial charge is 0.497 e. The molecule has 6 nitrogen and oxygen atoms in total. The summed E-state index contributed by atoms with van der Waals surface area (Å²) < 4.78 is 12.4. The molecule has 6 heteroatoms. The first-order valence-corrected chi connectivity index (χ1v) is 7.59. The third-order valence-corrected chi connectivity index (χ3v) is 3.77. The standard InChI is InChI=1S/C18H16N4O2/c1-23-14-6-4-13(5-7-14)16-12-20-18-9-8-17(21-22(16)18)19-11-15-3-2-10-24-15/h2-10,12H,11H2,1H3,(H,19,21). The van der Waals surface area contributed by atoms with Gasteiger partial charge in [-0.25, -0.2) is 9.50 Å². The van der Waals surface area contributed by atoms with E-state index in [0.29, 0.717) is 6.54 Å². The van der Waals surface area contributed by atoms with Crippen molar-refractivity contribution in [3.05, 3.63) is 66.8 Å². The quantitative estimate of drug-likeness (QED) is 0.608. The Morgan fingerprint density at radius 3 is 2.75 bits per heavy atom. The summed E-state index contributed by atoms with van der Waals surface area (Å²) in [6.07, 6.45) is 3.48. The molecule has 1 N–H and O–H groups in total. The normalized spacial score (nSPS) is 10.9. The average Bonchev–Trinajstić information content (AvgIpc) is 3.29. The third kappa shape index (κ3) is 2.69. The molecule has 0 aliphatic rings. The smallest absolute Gasteiger partial charge is 0.154 e. The Labute approximate surface area is 138 Å². The molecule has 0 bridgehead atoms. The number of ether oxygens (including phenoxy) is 1. The lowest BCUT2D eigenvalue weighted by atomic mass is 10.1. The van der Waals surface area contributed by atoms with Crippen LogP contribution in [0, 0.1) is 0 Å². The Hall–Kier alpha value is -3.28. The number of furan rings is 1. The van der Waals surface area contributed by atoms with Gasteiger partial charge in [0.25, 0.3) is 0 Å². The highest BCUT2D eigenvalue weighted by Crippen LogP contribution is 2.23. The van der Waals surface area contributed by atoms with E-state index in [1.807, 2.05) is 59.2 Å². The molecule has 0 saturated carbocycles. The summed E-state index contributed by atoms with van der Waals surface area (Å²) in [5, 5.41) is 7.88. The molecule has 0 aliphatic carbocycles. The number of aromatic nitrogens is 3. The molecule has 0 spiro atoms. The molecule has 0 atom stereocenters. The minimum atomic E-state index is 0.581. The van der Waals surface area contributed by atoms with Gasteiger partial charge in [0.05, 0.1) is 31.8 Å². The second-order valence-corrected chi connectivity index (χ2v) is 5.29. The minimum Gasteiger partial charge on any atom is -0.497 e. The topological polar surface area (TPSA) is 64.6 Å². The molecule has 3 heterocycles. The Balaban J connectivity index is 1.64. The number of anilines is 1. The summed E-state index contributed by atoms with van der Waals surface area (Å²) in [5.74, 6) is 2.44. The van der Waals surface area contributed by atoms with Gasteiger partial charge in [0, 0.05) is 5.56 Å². The van der Waals surface area contributed by atoms with Gasteiger partial charge in [-0.3, -0.25) is 0 Å². The van der Waals surface area contributed by atoms with E-state index in [9.17, 15) is 0 Å². The molecule has 24 heavy (non-hydrogen) atoms. The maximum Gasteiger partial charge on any atom is 0.154 e. The summed E-state index contributed by atoms with van der Waals surface area (Å²) in [5.41, 5.74) is 2.75. The molecule has 0 aliphatic heterocycles. The number of benzene rings is 1. The molecular formula is C18H16N4O2. The van der Waals surface area contributed by atoms with Crippen LogP contribution in [0.4, 0.5) is 5.82 Å². The van der Waals surface area contributed by atoms with Crippen molar-refractivity contribution in [1.29, 1.82) is 0 Å². The highest BCUT2D eigenvalue weighted by Gasteiger charge is 2.08. The number of nitrogens with one attached hydrogen (secondary N) is 1. The highest BCUT2D eigenvalue weighted by molar-refractivity contribution is 5.64. The second kappa shape index (κ2) is 6.08. The number of fused-ring (bicyclic) bond motifs is 1. The zero-order valence-electron chi connectivity index (χ0n) is 13.1. The van der Waals surface area contributed by atoms with Crippen LogP contribution in [0.5, 0.6) is 5.75 Å². The second-order valence-electron chi connectivity index (χ2n) is 5.29. The summed E-state index contributed by atoms with van der Waals surface area (Å²) in [6, 6.07) is 15.5. The number of imidazole rings is 1. The van der Waals surface area contributed by atoms with Crippen molar-refractivity contribution in [1.82, 2.24) is 14.6 Å². The highest BCUT2D eigenvalue weighted by atomic mass is 16.5. The Morgan fingerprint density at radius 1 is 1.12 bits per heavy atom. The van der Waals surface area contributed by atoms with Crippen molar-refractivity contribution in [2.75, 3.05) is 12.4 Å². The van der Waals surface area contributed by atoms with Gasteiger partial charge < -0.3 is 14.5 Å². The third-order valence-electron chi connectivity index (χ3n) is 3.77. The molecule has 4 rings (SSSR count). The number of hydrogen-bond donors (Lipinski definition) is 1. The van der Waals surface area contributed by atoms with Crippen LogP contribution in [0.2, 0.25) is 0 Å². The van der Waals surface area contributed by atoms with Crippen molar-refractivity contribution >= 4 is 11.5 Å². The van der Waals surface area contributed by atoms with Gasteiger partial charge in [-0.15, -0.1) is 5.10 Å². The SMILES string of the molecule is COc1ccc(-c2cnc3ccc(NCc4ccco4)nn23)cc1. The Morgan fingerprint density at radius 2 is 2.00 bits per heavy atom. The fourth-order valence-corrected chi connectivity index (χ4v) is 2.52. The van der Waals surface area contributed by atoms with E-state index in [-0.39, 0.29) is 0 Å². The van der Waals surface area contributed by atoms with Crippen molar-refractivity contribution in [2.24, 2.45) is 0 Å². The van der Waals surface area contributed by atoms with Crippen LogP contribution in [-0.4, -0.2) is 21.7 Å². The van der Waals surface area contributed by atoms with E-state index >= 15 is 0 Å². The summed E-state index contributed by atoms with van der Waals surface area (Å²) in [6.45, 7) is 0.581. The summed E-state index contributed by atoms with van der Waals surface area (Å²) in [4.78, 5) is 4.41. The van der Waals surface area contributed by atoms with Crippen LogP contribution < -0.4 is 10.1 Å². The zero-order chi connectivity index (χ0) is 16.4. The fourth-order valence-electron chi connectivity index (χ4n) is 2.52. The molecule has 0 unspecified atom stereocenters. The van der Waals surface area contributed by atoms with Crippen LogP contribution in [0.15, 0.2) is 65.4 Å². The number of hydrogen-bond acceptors (Lipinski definition) is 5. The van der Waals surface area contributed by atoms with E-state index in [1.54, 1.807) is 13.4 Å². The molecule has 0 fully saturated rings. The van der Waals surface area contributed by atoms with Crippen LogP contribution in [0.3, 0.4) is 0 Å². The van der Waals surface area contributed by atoms with E-state index in [4.69, 9.17) is 9.15 Å². The van der Waals surface area contributed by atoms with Crippen molar-refractivity contribution in [3.63, 3.8) is 0 Å². The molecule has 1 aromatic carbocycles. The molecule has 4 aromatic rings.